The van der Waals surface area contributed by atoms with Crippen LogP contribution < -0.4 is 9.62 Å². The van der Waals surface area contributed by atoms with Gasteiger partial charge in [-0.25, -0.2) is 12.8 Å². The molecule has 0 unspecified atom stereocenters. The topological polar surface area (TPSA) is 79.4 Å². The van der Waals surface area contributed by atoms with E-state index >= 15 is 0 Å². The third-order valence-corrected chi connectivity index (χ3v) is 5.55. The second-order valence-corrected chi connectivity index (χ2v) is 7.46. The van der Waals surface area contributed by atoms with Crippen molar-refractivity contribution < 1.29 is 17.6 Å². The third kappa shape index (κ3) is 3.53. The maximum atomic E-state index is 13.5. The van der Waals surface area contributed by atoms with Gasteiger partial charge in [-0.05, 0) is 36.8 Å². The summed E-state index contributed by atoms with van der Waals surface area (Å²) in [4.78, 5) is 15.9. The van der Waals surface area contributed by atoms with Crippen LogP contribution in [0.4, 0.5) is 15.8 Å². The lowest BCUT2D eigenvalue weighted by atomic mass is 10.2. The van der Waals surface area contributed by atoms with Crippen molar-refractivity contribution in [1.29, 1.82) is 0 Å². The van der Waals surface area contributed by atoms with Gasteiger partial charge in [-0.3, -0.25) is 14.1 Å². The number of carbonyl (C=O) groups is 1. The number of rotatable bonds is 4. The number of hydrogen-bond acceptors (Lipinski definition) is 4. The van der Waals surface area contributed by atoms with E-state index in [9.17, 15) is 17.6 Å². The number of aromatic nitrogens is 1. The second-order valence-electron chi connectivity index (χ2n) is 5.45. The molecule has 8 heteroatoms. The molecule has 24 heavy (non-hydrogen) atoms. The highest BCUT2D eigenvalue weighted by molar-refractivity contribution is 7.93. The van der Waals surface area contributed by atoms with Gasteiger partial charge in [-0.1, -0.05) is 6.07 Å². The summed E-state index contributed by atoms with van der Waals surface area (Å²) < 4.78 is 38.8. The first-order chi connectivity index (χ1) is 11.5. The zero-order valence-electron chi connectivity index (χ0n) is 12.8. The Balaban J connectivity index is 1.73. The minimum Gasteiger partial charge on any atom is -0.326 e. The third-order valence-electron chi connectivity index (χ3n) is 3.68. The average molecular weight is 349 g/mol. The highest BCUT2D eigenvalue weighted by Gasteiger charge is 2.28. The predicted molar refractivity (Wildman–Crippen MR) is 88.7 cm³/mol. The maximum Gasteiger partial charge on any atom is 0.235 e. The summed E-state index contributed by atoms with van der Waals surface area (Å²) in [5.74, 6) is -0.832. The molecule has 2 aromatic rings. The van der Waals surface area contributed by atoms with Gasteiger partial charge < -0.3 is 5.32 Å². The van der Waals surface area contributed by atoms with Crippen LogP contribution in [-0.4, -0.2) is 31.6 Å². The van der Waals surface area contributed by atoms with E-state index in [0.29, 0.717) is 24.3 Å². The fourth-order valence-electron chi connectivity index (χ4n) is 2.57. The molecular weight excluding hydrogens is 333 g/mol. The van der Waals surface area contributed by atoms with Crippen LogP contribution in [0.15, 0.2) is 42.6 Å². The molecule has 2 heterocycles. The molecule has 3 rings (SSSR count). The number of amides is 1. The molecule has 126 valence electrons. The van der Waals surface area contributed by atoms with Crippen LogP contribution >= 0.6 is 0 Å². The summed E-state index contributed by atoms with van der Waals surface area (Å²) in [5, 5.41) is 2.64. The standard InChI is InChI=1S/C16H16FN3O3S/c17-14-6-2-7-18-15(14)11-16(21)19-12-4-1-5-13(10-12)20-8-3-9-24(20,22)23/h1-2,4-7,10H,3,8-9,11H2,(H,19,21). The molecule has 6 nitrogen and oxygen atoms in total. The lowest BCUT2D eigenvalue weighted by Gasteiger charge is -2.17. The molecule has 1 aliphatic heterocycles. The van der Waals surface area contributed by atoms with Gasteiger partial charge >= 0.3 is 0 Å². The molecule has 0 radical (unpaired) electrons. The largest absolute Gasteiger partial charge is 0.326 e. The number of pyridine rings is 1. The quantitative estimate of drug-likeness (QED) is 0.915. The van der Waals surface area contributed by atoms with Crippen molar-refractivity contribution in [3.8, 4) is 0 Å². The van der Waals surface area contributed by atoms with E-state index in [0.717, 1.165) is 0 Å². The molecule has 1 aliphatic rings. The van der Waals surface area contributed by atoms with E-state index in [2.05, 4.69) is 10.3 Å². The van der Waals surface area contributed by atoms with E-state index < -0.39 is 21.7 Å². The zero-order valence-corrected chi connectivity index (χ0v) is 13.6. The monoisotopic (exact) mass is 349 g/mol. The minimum absolute atomic E-state index is 0.0632. The van der Waals surface area contributed by atoms with E-state index in [1.165, 1.54) is 22.6 Å². The van der Waals surface area contributed by atoms with Crippen LogP contribution in [0.5, 0.6) is 0 Å². The van der Waals surface area contributed by atoms with Gasteiger partial charge in [0.1, 0.15) is 5.82 Å². The number of benzene rings is 1. The Morgan fingerprint density at radius 1 is 1.29 bits per heavy atom. The highest BCUT2D eigenvalue weighted by atomic mass is 32.2. The Bertz CT molecular complexity index is 870. The number of halogens is 1. The van der Waals surface area contributed by atoms with Crippen LogP contribution in [0.3, 0.4) is 0 Å². The summed E-state index contributed by atoms with van der Waals surface area (Å²) in [7, 11) is -3.28. The first-order valence-corrected chi connectivity index (χ1v) is 9.06. The van der Waals surface area contributed by atoms with Crippen molar-refractivity contribution in [2.75, 3.05) is 21.9 Å². The number of hydrogen-bond donors (Lipinski definition) is 1. The zero-order chi connectivity index (χ0) is 17.2. The van der Waals surface area contributed by atoms with Gasteiger partial charge in [-0.15, -0.1) is 0 Å². The molecule has 0 spiro atoms. The summed E-state index contributed by atoms with van der Waals surface area (Å²) >= 11 is 0. The van der Waals surface area contributed by atoms with E-state index in [1.807, 2.05) is 0 Å². The molecule has 1 N–H and O–H groups in total. The molecule has 0 aliphatic carbocycles. The molecule has 1 aromatic heterocycles. The number of nitrogens with one attached hydrogen (secondary N) is 1. The number of anilines is 2. The van der Waals surface area contributed by atoms with Gasteiger partial charge in [-0.2, -0.15) is 0 Å². The van der Waals surface area contributed by atoms with Crippen LogP contribution in [0.1, 0.15) is 12.1 Å². The fraction of sp³-hybridized carbons (Fsp3) is 0.250. The maximum absolute atomic E-state index is 13.5. The molecule has 1 fully saturated rings. The van der Waals surface area contributed by atoms with Crippen LogP contribution in [0, 0.1) is 5.82 Å². The second kappa shape index (κ2) is 6.56. The molecule has 1 aromatic carbocycles. The summed E-state index contributed by atoms with van der Waals surface area (Å²) in [6.45, 7) is 0.429. The Morgan fingerprint density at radius 3 is 2.83 bits per heavy atom. The predicted octanol–water partition coefficient (Wildman–Crippen LogP) is 1.94. The van der Waals surface area contributed by atoms with Crippen molar-refractivity contribution >= 4 is 27.3 Å². The fourth-order valence-corrected chi connectivity index (χ4v) is 4.13. The lowest BCUT2D eigenvalue weighted by Crippen LogP contribution is -2.25. The van der Waals surface area contributed by atoms with Crippen molar-refractivity contribution in [1.82, 2.24) is 4.98 Å². The Kier molecular flexibility index (Phi) is 4.48. The van der Waals surface area contributed by atoms with Gasteiger partial charge in [0.2, 0.25) is 15.9 Å². The summed E-state index contributed by atoms with van der Waals surface area (Å²) in [5.41, 5.74) is 1.03. The molecule has 1 amide bonds. The van der Waals surface area contributed by atoms with Gasteiger partial charge in [0.25, 0.3) is 0 Å². The van der Waals surface area contributed by atoms with E-state index in [4.69, 9.17) is 0 Å². The first-order valence-electron chi connectivity index (χ1n) is 7.45. The highest BCUT2D eigenvalue weighted by Crippen LogP contribution is 2.26. The molecule has 0 bridgehead atoms. The van der Waals surface area contributed by atoms with Crippen molar-refractivity contribution in [2.45, 2.75) is 12.8 Å². The summed E-state index contributed by atoms with van der Waals surface area (Å²) in [6, 6.07) is 9.29. The molecule has 1 saturated heterocycles. The lowest BCUT2D eigenvalue weighted by molar-refractivity contribution is -0.115. The molecule has 0 saturated carbocycles. The molecule has 0 atom stereocenters. The van der Waals surface area contributed by atoms with Gasteiger partial charge in [0, 0.05) is 18.4 Å². The van der Waals surface area contributed by atoms with Gasteiger partial charge in [0.15, 0.2) is 0 Å². The SMILES string of the molecule is O=C(Cc1ncccc1F)Nc1cccc(N2CCCS2(=O)=O)c1. The smallest absolute Gasteiger partial charge is 0.235 e. The number of nitrogens with zero attached hydrogens (tertiary/aromatic N) is 2. The minimum atomic E-state index is -3.28. The molecular formula is C16H16FN3O3S. The number of sulfonamides is 1. The van der Waals surface area contributed by atoms with Crippen LogP contribution in [0.25, 0.3) is 0 Å². The Morgan fingerprint density at radius 2 is 2.12 bits per heavy atom. The van der Waals surface area contributed by atoms with Crippen molar-refractivity contribution in [3.63, 3.8) is 0 Å². The van der Waals surface area contributed by atoms with Crippen LogP contribution in [-0.2, 0) is 21.2 Å². The van der Waals surface area contributed by atoms with E-state index in [1.54, 1.807) is 24.3 Å². The van der Waals surface area contributed by atoms with Crippen molar-refractivity contribution in [2.24, 2.45) is 0 Å². The number of carbonyl (C=O) groups excluding carboxylic acids is 1. The first kappa shape index (κ1) is 16.4. The Labute approximate surface area is 139 Å². The average Bonchev–Trinajstić information content (AvgIpc) is 2.89. The van der Waals surface area contributed by atoms with Gasteiger partial charge in [0.05, 0.1) is 23.6 Å². The van der Waals surface area contributed by atoms with Crippen molar-refractivity contribution in [3.05, 3.63) is 54.1 Å². The van der Waals surface area contributed by atoms with E-state index in [-0.39, 0.29) is 17.9 Å². The summed E-state index contributed by atoms with van der Waals surface area (Å²) in [6.07, 6.45) is 1.81. The normalized spacial score (nSPS) is 16.1. The van der Waals surface area contributed by atoms with Crippen LogP contribution in [0.2, 0.25) is 0 Å². The Hall–Kier alpha value is -2.48.